The number of nitrogens with zero attached hydrogens (tertiary/aromatic N) is 5. The molecule has 4 N–H and O–H groups in total. The first-order valence-corrected chi connectivity index (χ1v) is 23.2. The van der Waals surface area contributed by atoms with Gasteiger partial charge in [-0.1, -0.05) is 82.2 Å². The van der Waals surface area contributed by atoms with Gasteiger partial charge in [0.2, 0.25) is 23.6 Å². The van der Waals surface area contributed by atoms with E-state index in [1.54, 1.807) is 19.4 Å². The van der Waals surface area contributed by atoms with E-state index in [9.17, 15) is 18.9 Å². The Hall–Kier alpha value is -2.29. The molecule has 0 aliphatic carbocycles. The minimum absolute atomic E-state index is 0.0938. The van der Waals surface area contributed by atoms with Crippen molar-refractivity contribution in [1.29, 1.82) is 0 Å². The number of carbonyl (C=O) groups excluding carboxylic acids is 2. The number of thioether (sulfide) groups is 3. The Kier molecular flexibility index (Phi) is 23.7. The van der Waals surface area contributed by atoms with Gasteiger partial charge in [-0.05, 0) is 82.4 Å². The lowest BCUT2D eigenvalue weighted by Gasteiger charge is -2.12. The number of rotatable bonds is 7. The summed E-state index contributed by atoms with van der Waals surface area (Å²) in [5.41, 5.74) is 0.693. The maximum absolute atomic E-state index is 10.6. The van der Waals surface area contributed by atoms with Crippen molar-refractivity contribution < 1.29 is 28.7 Å². The molecule has 53 heavy (non-hydrogen) atoms. The number of methoxy groups -OCH3 is 1. The Balaban J connectivity index is 0.000000355. The van der Waals surface area contributed by atoms with Gasteiger partial charge in [-0.15, -0.1) is 0 Å². The Morgan fingerprint density at radius 2 is 1.30 bits per heavy atom. The van der Waals surface area contributed by atoms with Crippen molar-refractivity contribution in [2.75, 3.05) is 25.9 Å². The van der Waals surface area contributed by atoms with Gasteiger partial charge in [-0.2, -0.15) is 9.97 Å². The molecule has 4 aromatic rings. The largest absolute Gasteiger partial charge is 0.497 e. The van der Waals surface area contributed by atoms with E-state index >= 15 is 0 Å². The number of aromatic amines is 1. The van der Waals surface area contributed by atoms with Crippen molar-refractivity contribution in [3.63, 3.8) is 0 Å². The highest BCUT2D eigenvalue weighted by Gasteiger charge is 2.17. The van der Waals surface area contributed by atoms with Crippen molar-refractivity contribution in [3.8, 4) is 17.5 Å². The molecule has 0 bridgehead atoms. The number of amides is 2. The summed E-state index contributed by atoms with van der Waals surface area (Å²) in [7, 11) is 1.64. The zero-order valence-corrected chi connectivity index (χ0v) is 36.1. The number of ether oxygens (including phenoxy) is 2. The summed E-state index contributed by atoms with van der Waals surface area (Å²) in [6.07, 6.45) is 5.39. The summed E-state index contributed by atoms with van der Waals surface area (Å²) in [6.45, 7) is 0.422. The molecule has 1 aliphatic heterocycles. The molecule has 288 valence electrons. The third-order valence-corrected chi connectivity index (χ3v) is 7.39. The van der Waals surface area contributed by atoms with Crippen LogP contribution in [0, 0.1) is 0 Å². The number of halogens is 6. The molecule has 4 heterocycles. The number of hydrogen-bond donors (Lipinski definition) is 4. The third kappa shape index (κ3) is 24.0. The Morgan fingerprint density at radius 1 is 0.811 bits per heavy atom. The van der Waals surface area contributed by atoms with Crippen LogP contribution in [-0.4, -0.2) is 77.8 Å². The maximum atomic E-state index is 10.6. The van der Waals surface area contributed by atoms with Gasteiger partial charge >= 0.3 is 5.20 Å². The molecule has 1 saturated heterocycles. The van der Waals surface area contributed by atoms with Gasteiger partial charge in [0.15, 0.2) is 20.6 Å². The molecule has 1 fully saturated rings. The van der Waals surface area contributed by atoms with E-state index in [4.69, 9.17) is 49.4 Å². The first kappa shape index (κ1) is 48.7. The smallest absolute Gasteiger partial charge is 0.339 e. The lowest BCUT2D eigenvalue weighted by molar-refractivity contribution is -0.129. The maximum Gasteiger partial charge on any atom is 0.339 e. The van der Waals surface area contributed by atoms with E-state index in [-0.39, 0.29) is 34.8 Å². The van der Waals surface area contributed by atoms with Crippen molar-refractivity contribution in [1.82, 2.24) is 40.5 Å². The quantitative estimate of drug-likeness (QED) is 0.0347. The molecule has 0 saturated carbocycles. The fourth-order valence-corrected chi connectivity index (χ4v) is 5.03. The molecule has 0 radical (unpaired) electrons. The van der Waals surface area contributed by atoms with E-state index in [1.165, 1.54) is 41.4 Å². The fraction of sp³-hybridized carbons (Fsp3) is 0.222. The number of H-pyrrole nitrogens is 1. The predicted octanol–water partition coefficient (Wildman–Crippen LogP) is 7.86. The van der Waals surface area contributed by atoms with Gasteiger partial charge in [-0.3, -0.25) is 18.9 Å². The molecule has 1 aromatic carbocycles. The summed E-state index contributed by atoms with van der Waals surface area (Å²) in [4.78, 5) is 53.5. The second-order valence-electron chi connectivity index (χ2n) is 8.77. The third-order valence-electron chi connectivity index (χ3n) is 4.93. The molecule has 5 rings (SSSR count). The van der Waals surface area contributed by atoms with Crippen LogP contribution in [0.5, 0.6) is 17.5 Å². The number of benzene rings is 1. The molecule has 3 aromatic heterocycles. The second kappa shape index (κ2) is 25.7. The molecule has 0 atom stereocenters. The summed E-state index contributed by atoms with van der Waals surface area (Å²) in [6, 6.07) is 11.8. The van der Waals surface area contributed by atoms with E-state index in [1.807, 2.05) is 36.8 Å². The van der Waals surface area contributed by atoms with Crippen LogP contribution in [0.3, 0.4) is 0 Å². The lowest BCUT2D eigenvalue weighted by atomic mass is 10.2. The van der Waals surface area contributed by atoms with Gasteiger partial charge in [0.25, 0.3) is 5.56 Å². The van der Waals surface area contributed by atoms with Crippen molar-refractivity contribution in [3.05, 3.63) is 73.8 Å². The Morgan fingerprint density at radius 3 is 1.74 bits per heavy atom. The average molecular weight is 948 g/mol. The van der Waals surface area contributed by atoms with Gasteiger partial charge in [-0.25, -0.2) is 15.0 Å². The minimum Gasteiger partial charge on any atom is -0.497 e. The average Bonchev–Trinajstić information content (AvgIpc) is 3.06. The molecular weight excluding hydrogens is 920 g/mol. The van der Waals surface area contributed by atoms with E-state index < -0.39 is 5.20 Å². The number of thiocarbonyl (C=S) groups is 1. The number of aromatic nitrogens is 6. The predicted molar refractivity (Wildman–Crippen MR) is 217 cm³/mol. The molecule has 1 aliphatic rings. The second-order valence-corrected chi connectivity index (χ2v) is 19.3. The first-order valence-electron chi connectivity index (χ1n) is 13.6. The van der Waals surface area contributed by atoms with Gasteiger partial charge < -0.3 is 30.2 Å². The zero-order chi connectivity index (χ0) is 40.1. The van der Waals surface area contributed by atoms with E-state index in [0.717, 1.165) is 17.4 Å². The molecule has 0 spiro atoms. The highest BCUT2D eigenvalue weighted by molar-refractivity contribution is 8.24. The first-order chi connectivity index (χ1) is 24.8. The highest BCUT2D eigenvalue weighted by atomic mass is 36.0. The standard InChI is InChI=1S/C13H13ClN2O2S.C5H4Cl2N2S.C5H6N2O2S.C4H4N2O2S.Cl3OP/c1-17-10-5-3-9(4-6-10)8-18-12-7-11(14)15-13(16-12)19-2;1-10-5-8-3(6)2-4(7)9-5;1-10-5-6-3(8)2-4(9)7-5;7-2-1-3(8)6-4(9)5-2;1-5(2,3)4/h3-7H,8H2,1-2H3;2H,1H3;2H,1H3,(H2,6,7,8,9);1H2,(H2,5,6,7,8,9);. The number of carbonyl (C=O) groups is 2. The van der Waals surface area contributed by atoms with Gasteiger partial charge in [0.1, 0.15) is 34.2 Å². The summed E-state index contributed by atoms with van der Waals surface area (Å²) < 4.78 is 20.2. The normalized spacial score (nSPS) is 11.7. The number of hydrogen-bond acceptors (Lipinski definition) is 16. The molecular formula is C27H27Cl6N8O7PS4. The van der Waals surface area contributed by atoms with E-state index in [2.05, 4.69) is 86.5 Å². The van der Waals surface area contributed by atoms with Crippen molar-refractivity contribution >= 4 is 138 Å². The highest BCUT2D eigenvalue weighted by Crippen LogP contribution is 2.61. The molecule has 15 nitrogen and oxygen atoms in total. The number of nitrogens with one attached hydrogen (secondary N) is 3. The molecule has 0 unspecified atom stereocenters. The SMILES string of the molecule is COc1ccc(COc2cc(Cl)nc(SC)n2)cc1.CSc1nc(Cl)cc(Cl)n1.CSc1nc(O)cc(=O)[nH]1.O=C1CC(=O)NC(=S)N1.O=P(Cl)(Cl)Cl. The van der Waals surface area contributed by atoms with Crippen LogP contribution in [0.4, 0.5) is 0 Å². The van der Waals surface area contributed by atoms with Crippen LogP contribution in [-0.2, 0) is 20.8 Å². The van der Waals surface area contributed by atoms with Gasteiger partial charge in [0, 0.05) is 12.1 Å². The van der Waals surface area contributed by atoms with Crippen LogP contribution in [0.25, 0.3) is 0 Å². The minimum atomic E-state index is -3.22. The summed E-state index contributed by atoms with van der Waals surface area (Å²) >= 11 is 39.5. The monoisotopic (exact) mass is 944 g/mol. The lowest BCUT2D eigenvalue weighted by Crippen LogP contribution is -2.49. The summed E-state index contributed by atoms with van der Waals surface area (Å²) in [5, 5.41) is 12.9. The van der Waals surface area contributed by atoms with Crippen LogP contribution < -0.4 is 25.7 Å². The molecule has 2 amide bonds. The van der Waals surface area contributed by atoms with Gasteiger partial charge in [0.05, 0.1) is 13.2 Å². The van der Waals surface area contributed by atoms with Crippen LogP contribution in [0.2, 0.25) is 15.5 Å². The fourth-order valence-electron chi connectivity index (χ4n) is 2.92. The number of aromatic hydroxyl groups is 1. The van der Waals surface area contributed by atoms with Crippen LogP contribution >= 0.6 is 121 Å². The Bertz CT molecular complexity index is 1860. The van der Waals surface area contributed by atoms with Crippen molar-refractivity contribution in [2.45, 2.75) is 28.5 Å². The molecule has 26 heteroatoms. The van der Waals surface area contributed by atoms with E-state index in [0.29, 0.717) is 43.4 Å². The Labute approximate surface area is 350 Å². The van der Waals surface area contributed by atoms with Crippen LogP contribution in [0.15, 0.2) is 62.7 Å². The van der Waals surface area contributed by atoms with Crippen LogP contribution in [0.1, 0.15) is 12.0 Å². The summed E-state index contributed by atoms with van der Waals surface area (Å²) in [5.74, 6) is 0.360. The topological polar surface area (TPSA) is 211 Å². The van der Waals surface area contributed by atoms with Crippen molar-refractivity contribution in [2.24, 2.45) is 0 Å². The zero-order valence-electron chi connectivity index (χ0n) is 27.4.